The van der Waals surface area contributed by atoms with Gasteiger partial charge in [-0.3, -0.25) is 4.79 Å². The first kappa shape index (κ1) is 11.1. The van der Waals surface area contributed by atoms with Gasteiger partial charge in [0.1, 0.15) is 6.10 Å². The van der Waals surface area contributed by atoms with E-state index >= 15 is 0 Å². The Bertz CT molecular complexity index is 489. The van der Waals surface area contributed by atoms with Gasteiger partial charge in [0.15, 0.2) is 0 Å². The van der Waals surface area contributed by atoms with Gasteiger partial charge in [0.2, 0.25) is 0 Å². The summed E-state index contributed by atoms with van der Waals surface area (Å²) in [6.07, 6.45) is 1.27. The molecule has 1 fully saturated rings. The Kier molecular flexibility index (Phi) is 2.66. The largest absolute Gasteiger partial charge is 0.464 e. The fraction of sp³-hybridized carbons (Fsp3) is 0.385. The van der Waals surface area contributed by atoms with E-state index in [4.69, 9.17) is 4.74 Å². The van der Waals surface area contributed by atoms with Crippen molar-refractivity contribution in [2.24, 2.45) is 0 Å². The molecular formula is C13H14N2O3. The molecule has 0 aliphatic carbocycles. The van der Waals surface area contributed by atoms with Crippen LogP contribution < -0.4 is 5.32 Å². The quantitative estimate of drug-likeness (QED) is 0.811. The molecule has 0 aromatic heterocycles. The molecule has 2 heterocycles. The van der Waals surface area contributed by atoms with E-state index in [0.717, 1.165) is 11.3 Å². The molecule has 0 bridgehead atoms. The monoisotopic (exact) mass is 246 g/mol. The van der Waals surface area contributed by atoms with E-state index in [9.17, 15) is 9.59 Å². The molecule has 0 radical (unpaired) electrons. The number of anilines is 1. The maximum absolute atomic E-state index is 12.0. The predicted molar refractivity (Wildman–Crippen MR) is 65.1 cm³/mol. The number of nitrogens with one attached hydrogen (secondary N) is 1. The van der Waals surface area contributed by atoms with E-state index in [1.807, 2.05) is 29.2 Å². The highest BCUT2D eigenvalue weighted by Gasteiger charge is 2.37. The Labute approximate surface area is 105 Å². The van der Waals surface area contributed by atoms with Crippen molar-refractivity contribution in [3.05, 3.63) is 29.8 Å². The van der Waals surface area contributed by atoms with Crippen molar-refractivity contribution in [2.75, 3.05) is 11.9 Å². The van der Waals surface area contributed by atoms with Crippen molar-refractivity contribution in [2.45, 2.75) is 25.0 Å². The van der Waals surface area contributed by atoms with Crippen LogP contribution in [0, 0.1) is 0 Å². The van der Waals surface area contributed by atoms with Gasteiger partial charge in [0, 0.05) is 25.1 Å². The first-order valence-corrected chi connectivity index (χ1v) is 6.05. The zero-order valence-corrected chi connectivity index (χ0v) is 9.83. The number of ether oxygens (including phenoxy) is 1. The number of carbonyl (C=O) groups is 2. The van der Waals surface area contributed by atoms with Gasteiger partial charge in [-0.15, -0.1) is 0 Å². The number of rotatable bonds is 2. The molecule has 0 saturated carbocycles. The molecule has 1 unspecified atom stereocenters. The molecule has 5 nitrogen and oxygen atoms in total. The number of hydrogen-bond acceptors (Lipinski definition) is 3. The fourth-order valence-corrected chi connectivity index (χ4v) is 2.76. The minimum atomic E-state index is -0.0947. The topological polar surface area (TPSA) is 58.6 Å². The van der Waals surface area contributed by atoms with Crippen LogP contribution in [0.4, 0.5) is 10.5 Å². The molecule has 18 heavy (non-hydrogen) atoms. The molecule has 2 amide bonds. The van der Waals surface area contributed by atoms with Gasteiger partial charge in [-0.2, -0.15) is 0 Å². The summed E-state index contributed by atoms with van der Waals surface area (Å²) >= 11 is 0. The van der Waals surface area contributed by atoms with Gasteiger partial charge in [-0.1, -0.05) is 18.2 Å². The number of benzene rings is 1. The Morgan fingerprint density at radius 1 is 1.39 bits per heavy atom. The molecular weight excluding hydrogens is 232 g/mol. The van der Waals surface area contributed by atoms with E-state index < -0.39 is 0 Å². The highest BCUT2D eigenvalue weighted by atomic mass is 16.5. The highest BCUT2D eigenvalue weighted by molar-refractivity contribution is 5.93. The first-order chi connectivity index (χ1) is 8.79. The normalized spacial score (nSPS) is 25.8. The summed E-state index contributed by atoms with van der Waals surface area (Å²) in [6, 6.07) is 7.71. The number of urea groups is 1. The van der Waals surface area contributed by atoms with Crippen molar-refractivity contribution in [1.82, 2.24) is 4.90 Å². The van der Waals surface area contributed by atoms with Gasteiger partial charge >= 0.3 is 6.03 Å². The summed E-state index contributed by atoms with van der Waals surface area (Å²) in [5, 5.41) is 2.88. The smallest absolute Gasteiger partial charge is 0.322 e. The third-order valence-electron chi connectivity index (χ3n) is 3.62. The number of amides is 2. The van der Waals surface area contributed by atoms with Crippen molar-refractivity contribution in [3.63, 3.8) is 0 Å². The zero-order valence-electron chi connectivity index (χ0n) is 9.83. The molecule has 3 rings (SSSR count). The van der Waals surface area contributed by atoms with Gasteiger partial charge in [-0.05, 0) is 11.6 Å². The number of para-hydroxylation sites is 1. The number of hydrogen-bond donors (Lipinski definition) is 1. The number of nitrogens with zero attached hydrogens (tertiary/aromatic N) is 1. The van der Waals surface area contributed by atoms with Crippen LogP contribution in [-0.4, -0.2) is 30.1 Å². The van der Waals surface area contributed by atoms with Gasteiger partial charge in [-0.25, -0.2) is 4.79 Å². The van der Waals surface area contributed by atoms with E-state index in [1.165, 1.54) is 0 Å². The maximum atomic E-state index is 12.0. The number of carbonyl (C=O) groups excluding carboxylic acids is 2. The van der Waals surface area contributed by atoms with Crippen molar-refractivity contribution in [3.8, 4) is 0 Å². The molecule has 5 heteroatoms. The number of piperidine rings is 1. The molecule has 2 atom stereocenters. The van der Waals surface area contributed by atoms with Crippen LogP contribution in [0.15, 0.2) is 24.3 Å². The minimum absolute atomic E-state index is 0.00801. The van der Waals surface area contributed by atoms with Crippen LogP contribution in [0.3, 0.4) is 0 Å². The van der Waals surface area contributed by atoms with Crippen molar-refractivity contribution in [1.29, 1.82) is 0 Å². The summed E-state index contributed by atoms with van der Waals surface area (Å²) in [5.41, 5.74) is 1.95. The minimum Gasteiger partial charge on any atom is -0.464 e. The van der Waals surface area contributed by atoms with Crippen molar-refractivity contribution < 1.29 is 14.3 Å². The van der Waals surface area contributed by atoms with Crippen LogP contribution in [0.1, 0.15) is 24.4 Å². The molecule has 2 aliphatic heterocycles. The van der Waals surface area contributed by atoms with E-state index in [1.54, 1.807) is 0 Å². The maximum Gasteiger partial charge on any atom is 0.322 e. The van der Waals surface area contributed by atoms with Crippen LogP contribution >= 0.6 is 0 Å². The van der Waals surface area contributed by atoms with Gasteiger partial charge in [0.25, 0.3) is 6.47 Å². The van der Waals surface area contributed by atoms with Crippen LogP contribution in [-0.2, 0) is 9.53 Å². The van der Waals surface area contributed by atoms with Gasteiger partial charge in [0.05, 0.1) is 6.04 Å². The Balaban J connectivity index is 1.92. The van der Waals surface area contributed by atoms with Crippen LogP contribution in [0.25, 0.3) is 0 Å². The number of fused-ring (bicyclic) bond motifs is 3. The molecule has 1 aromatic carbocycles. The van der Waals surface area contributed by atoms with Crippen LogP contribution in [0.5, 0.6) is 0 Å². The van der Waals surface area contributed by atoms with Crippen LogP contribution in [0.2, 0.25) is 0 Å². The second-order valence-corrected chi connectivity index (χ2v) is 4.61. The standard InChI is InChI=1S/C13H14N2O3/c16-8-18-9-5-6-15-12(7-9)10-3-1-2-4-11(10)14-13(15)17/h1-4,8-9,12H,5-7H2,(H,14,17)/t9?,12-/m0/s1. The zero-order chi connectivity index (χ0) is 12.5. The van der Waals surface area contributed by atoms with Gasteiger partial charge < -0.3 is 15.0 Å². The molecule has 2 aliphatic rings. The lowest BCUT2D eigenvalue weighted by Gasteiger charge is -2.42. The van der Waals surface area contributed by atoms with E-state index in [2.05, 4.69) is 5.32 Å². The summed E-state index contributed by atoms with van der Waals surface area (Å²) in [6.45, 7) is 1.11. The molecule has 0 spiro atoms. The lowest BCUT2D eigenvalue weighted by atomic mass is 9.91. The highest BCUT2D eigenvalue weighted by Crippen LogP contribution is 2.39. The SMILES string of the molecule is O=COC1CCN2C(=O)Nc3ccccc3[C@@H]2C1. The van der Waals surface area contributed by atoms with E-state index in [0.29, 0.717) is 25.9 Å². The molecule has 94 valence electrons. The molecule has 1 N–H and O–H groups in total. The third-order valence-corrected chi connectivity index (χ3v) is 3.62. The Morgan fingerprint density at radius 3 is 3.06 bits per heavy atom. The summed E-state index contributed by atoms with van der Waals surface area (Å²) in [7, 11) is 0. The second-order valence-electron chi connectivity index (χ2n) is 4.61. The summed E-state index contributed by atoms with van der Waals surface area (Å²) < 4.78 is 5.04. The fourth-order valence-electron chi connectivity index (χ4n) is 2.76. The molecule has 1 saturated heterocycles. The predicted octanol–water partition coefficient (Wildman–Crippen LogP) is 1.91. The third kappa shape index (κ3) is 1.72. The van der Waals surface area contributed by atoms with Crippen molar-refractivity contribution >= 4 is 18.2 Å². The summed E-state index contributed by atoms with van der Waals surface area (Å²) in [4.78, 5) is 24.2. The lowest BCUT2D eigenvalue weighted by molar-refractivity contribution is -0.136. The Morgan fingerprint density at radius 2 is 2.22 bits per heavy atom. The molecule has 1 aromatic rings. The first-order valence-electron chi connectivity index (χ1n) is 6.05. The second kappa shape index (κ2) is 4.33. The Hall–Kier alpha value is -2.04. The summed E-state index contributed by atoms with van der Waals surface area (Å²) in [5.74, 6) is 0. The average Bonchev–Trinajstić information content (AvgIpc) is 2.39. The average molecular weight is 246 g/mol. The lowest BCUT2D eigenvalue weighted by Crippen LogP contribution is -2.48. The van der Waals surface area contributed by atoms with E-state index in [-0.39, 0.29) is 18.2 Å².